The van der Waals surface area contributed by atoms with Crippen LogP contribution in [0.2, 0.25) is 0 Å². The summed E-state index contributed by atoms with van der Waals surface area (Å²) in [6, 6.07) is 17.9. The van der Waals surface area contributed by atoms with Crippen LogP contribution < -0.4 is 5.32 Å². The van der Waals surface area contributed by atoms with Gasteiger partial charge in [0.2, 0.25) is 0 Å². The molecule has 0 fully saturated rings. The van der Waals surface area contributed by atoms with Crippen molar-refractivity contribution in [2.24, 2.45) is 0 Å². The normalized spacial score (nSPS) is 11.9. The number of hydrogen-bond acceptors (Lipinski definition) is 1. The standard InChI is InChI=1S/C18H20ClNO/c1-14(7-8-15-5-3-2-4-6-15)20-18(21)17-11-9-16(13-19)10-12-17/h2-6,9-12,14H,7-8,13H2,1H3,(H,20,21). The fourth-order valence-corrected chi connectivity index (χ4v) is 2.33. The third kappa shape index (κ3) is 4.91. The Kier molecular flexibility index (Phi) is 5.82. The summed E-state index contributed by atoms with van der Waals surface area (Å²) in [7, 11) is 0. The van der Waals surface area contributed by atoms with Crippen LogP contribution in [0.25, 0.3) is 0 Å². The van der Waals surface area contributed by atoms with Crippen molar-refractivity contribution in [2.45, 2.75) is 31.7 Å². The smallest absolute Gasteiger partial charge is 0.251 e. The van der Waals surface area contributed by atoms with Crippen molar-refractivity contribution >= 4 is 17.5 Å². The van der Waals surface area contributed by atoms with Gasteiger partial charge >= 0.3 is 0 Å². The molecule has 110 valence electrons. The summed E-state index contributed by atoms with van der Waals surface area (Å²) in [5.74, 6) is 0.437. The molecule has 0 bridgehead atoms. The van der Waals surface area contributed by atoms with Crippen LogP contribution in [-0.4, -0.2) is 11.9 Å². The summed E-state index contributed by atoms with van der Waals surface area (Å²) in [4.78, 5) is 12.1. The van der Waals surface area contributed by atoms with Crippen LogP contribution in [0.1, 0.15) is 34.8 Å². The van der Waals surface area contributed by atoms with Gasteiger partial charge in [-0.15, -0.1) is 11.6 Å². The maximum Gasteiger partial charge on any atom is 0.251 e. The van der Waals surface area contributed by atoms with Crippen molar-refractivity contribution in [1.82, 2.24) is 5.32 Å². The second-order valence-corrected chi connectivity index (χ2v) is 5.50. The van der Waals surface area contributed by atoms with E-state index in [0.717, 1.165) is 18.4 Å². The number of halogens is 1. The zero-order valence-electron chi connectivity index (χ0n) is 12.2. The van der Waals surface area contributed by atoms with Crippen LogP contribution in [0, 0.1) is 0 Å². The molecule has 2 aromatic carbocycles. The highest BCUT2D eigenvalue weighted by Crippen LogP contribution is 2.08. The second kappa shape index (κ2) is 7.84. The van der Waals surface area contributed by atoms with Crippen molar-refractivity contribution in [3.8, 4) is 0 Å². The van der Waals surface area contributed by atoms with Gasteiger partial charge in [-0.2, -0.15) is 0 Å². The van der Waals surface area contributed by atoms with E-state index in [1.165, 1.54) is 5.56 Å². The number of aryl methyl sites for hydroxylation is 1. The van der Waals surface area contributed by atoms with Crippen LogP contribution in [0.15, 0.2) is 54.6 Å². The molecule has 21 heavy (non-hydrogen) atoms. The van der Waals surface area contributed by atoms with Gasteiger partial charge in [0.15, 0.2) is 0 Å². The number of amides is 1. The summed E-state index contributed by atoms with van der Waals surface area (Å²) in [5.41, 5.74) is 2.99. The van der Waals surface area contributed by atoms with Gasteiger partial charge in [-0.3, -0.25) is 4.79 Å². The minimum absolute atomic E-state index is 0.0308. The Balaban J connectivity index is 1.83. The predicted octanol–water partition coefficient (Wildman–Crippen LogP) is 4.18. The number of hydrogen-bond donors (Lipinski definition) is 1. The zero-order chi connectivity index (χ0) is 15.1. The molecule has 3 heteroatoms. The molecule has 0 aromatic heterocycles. The molecule has 1 atom stereocenters. The molecule has 0 aliphatic carbocycles. The first kappa shape index (κ1) is 15.6. The quantitative estimate of drug-likeness (QED) is 0.797. The summed E-state index contributed by atoms with van der Waals surface area (Å²) in [5, 5.41) is 3.03. The van der Waals surface area contributed by atoms with Crippen LogP contribution >= 0.6 is 11.6 Å². The van der Waals surface area contributed by atoms with Gasteiger partial charge in [0.25, 0.3) is 5.91 Å². The van der Waals surface area contributed by atoms with E-state index >= 15 is 0 Å². The lowest BCUT2D eigenvalue weighted by Crippen LogP contribution is -2.32. The van der Waals surface area contributed by atoms with Crippen LogP contribution in [0.4, 0.5) is 0 Å². The third-order valence-electron chi connectivity index (χ3n) is 3.46. The van der Waals surface area contributed by atoms with Crippen LogP contribution in [-0.2, 0) is 12.3 Å². The lowest BCUT2D eigenvalue weighted by Gasteiger charge is -2.14. The van der Waals surface area contributed by atoms with Gasteiger partial charge < -0.3 is 5.32 Å². The van der Waals surface area contributed by atoms with Gasteiger partial charge in [-0.1, -0.05) is 42.5 Å². The maximum atomic E-state index is 12.1. The van der Waals surface area contributed by atoms with Crippen molar-refractivity contribution in [3.63, 3.8) is 0 Å². The number of alkyl halides is 1. The first-order chi connectivity index (χ1) is 10.2. The fourth-order valence-electron chi connectivity index (χ4n) is 2.15. The monoisotopic (exact) mass is 301 g/mol. The molecule has 1 N–H and O–H groups in total. The Hall–Kier alpha value is -1.80. The van der Waals surface area contributed by atoms with Gasteiger partial charge in [0, 0.05) is 17.5 Å². The van der Waals surface area contributed by atoms with E-state index in [0.29, 0.717) is 11.4 Å². The van der Waals surface area contributed by atoms with Gasteiger partial charge in [0.1, 0.15) is 0 Å². The Bertz CT molecular complexity index is 566. The zero-order valence-corrected chi connectivity index (χ0v) is 12.9. The highest BCUT2D eigenvalue weighted by atomic mass is 35.5. The SMILES string of the molecule is CC(CCc1ccccc1)NC(=O)c1ccc(CCl)cc1. The highest BCUT2D eigenvalue weighted by molar-refractivity contribution is 6.17. The average Bonchev–Trinajstić information content (AvgIpc) is 2.54. The van der Waals surface area contributed by atoms with Crippen molar-refractivity contribution in [1.29, 1.82) is 0 Å². The lowest BCUT2D eigenvalue weighted by atomic mass is 10.1. The lowest BCUT2D eigenvalue weighted by molar-refractivity contribution is 0.0938. The van der Waals surface area contributed by atoms with Crippen molar-refractivity contribution in [2.75, 3.05) is 0 Å². The molecule has 0 saturated carbocycles. The second-order valence-electron chi connectivity index (χ2n) is 5.23. The highest BCUT2D eigenvalue weighted by Gasteiger charge is 2.09. The maximum absolute atomic E-state index is 12.1. The van der Waals surface area contributed by atoms with E-state index in [2.05, 4.69) is 17.4 Å². The van der Waals surface area contributed by atoms with Gasteiger partial charge in [-0.05, 0) is 43.0 Å². The number of nitrogens with one attached hydrogen (secondary N) is 1. The fraction of sp³-hybridized carbons (Fsp3) is 0.278. The minimum atomic E-state index is -0.0308. The molecule has 1 amide bonds. The molecule has 1 unspecified atom stereocenters. The number of carbonyl (C=O) groups is 1. The number of carbonyl (C=O) groups excluding carboxylic acids is 1. The molecule has 2 aromatic rings. The Morgan fingerprint density at radius 1 is 1.05 bits per heavy atom. The first-order valence-corrected chi connectivity index (χ1v) is 7.72. The molecular weight excluding hydrogens is 282 g/mol. The van der Waals surface area contributed by atoms with Crippen LogP contribution in [0.5, 0.6) is 0 Å². The molecule has 2 rings (SSSR count). The van der Waals surface area contributed by atoms with E-state index in [4.69, 9.17) is 11.6 Å². The molecule has 0 aliphatic heterocycles. The minimum Gasteiger partial charge on any atom is -0.350 e. The Morgan fingerprint density at radius 2 is 1.71 bits per heavy atom. The number of rotatable bonds is 6. The molecule has 2 nitrogen and oxygen atoms in total. The molecule has 0 radical (unpaired) electrons. The van der Waals surface area contributed by atoms with E-state index in [1.54, 1.807) is 0 Å². The molecule has 0 aliphatic rings. The van der Waals surface area contributed by atoms with Crippen molar-refractivity contribution in [3.05, 3.63) is 71.3 Å². The average molecular weight is 302 g/mol. The van der Waals surface area contributed by atoms with Gasteiger partial charge in [-0.25, -0.2) is 0 Å². The number of benzene rings is 2. The van der Waals surface area contributed by atoms with E-state index in [-0.39, 0.29) is 11.9 Å². The van der Waals surface area contributed by atoms with E-state index in [9.17, 15) is 4.79 Å². The van der Waals surface area contributed by atoms with Crippen molar-refractivity contribution < 1.29 is 4.79 Å². The van der Waals surface area contributed by atoms with E-state index < -0.39 is 0 Å². The summed E-state index contributed by atoms with van der Waals surface area (Å²) < 4.78 is 0. The first-order valence-electron chi connectivity index (χ1n) is 7.18. The predicted molar refractivity (Wildman–Crippen MR) is 87.7 cm³/mol. The molecule has 0 spiro atoms. The summed E-state index contributed by atoms with van der Waals surface area (Å²) in [6.07, 6.45) is 1.89. The summed E-state index contributed by atoms with van der Waals surface area (Å²) >= 11 is 5.74. The summed E-state index contributed by atoms with van der Waals surface area (Å²) in [6.45, 7) is 2.04. The topological polar surface area (TPSA) is 29.1 Å². The Morgan fingerprint density at radius 3 is 2.33 bits per heavy atom. The third-order valence-corrected chi connectivity index (χ3v) is 3.77. The molecule has 0 saturated heterocycles. The molecule has 0 heterocycles. The van der Waals surface area contributed by atoms with Crippen LogP contribution in [0.3, 0.4) is 0 Å². The molecular formula is C18H20ClNO. The van der Waals surface area contributed by atoms with E-state index in [1.807, 2.05) is 49.4 Å². The van der Waals surface area contributed by atoms with Gasteiger partial charge in [0.05, 0.1) is 0 Å². The largest absolute Gasteiger partial charge is 0.350 e. The Labute approximate surface area is 131 Å².